The molecule has 2 aromatic heterocycles. The molecule has 0 unspecified atom stereocenters. The fraction of sp³-hybridized carbons (Fsp3) is 0.341. The van der Waals surface area contributed by atoms with Crippen LogP contribution >= 0.6 is 0 Å². The van der Waals surface area contributed by atoms with Gasteiger partial charge in [0.1, 0.15) is 18.5 Å². The predicted molar refractivity (Wildman–Crippen MR) is 191 cm³/mol. The summed E-state index contributed by atoms with van der Waals surface area (Å²) in [5, 5.41) is 0. The highest BCUT2D eigenvalue weighted by Crippen LogP contribution is 2.62. The van der Waals surface area contributed by atoms with Crippen LogP contribution in [0.15, 0.2) is 115 Å². The third-order valence-electron chi connectivity index (χ3n) is 10.7. The normalized spacial score (nSPS) is 27.0. The largest absolute Gasteiger partial charge is 0.461 e. The molecule has 3 aromatic rings. The average Bonchev–Trinajstić information content (AvgIpc) is 3.47. The van der Waals surface area contributed by atoms with Gasteiger partial charge in [-0.2, -0.15) is 0 Å². The van der Waals surface area contributed by atoms with Gasteiger partial charge in [0, 0.05) is 55.9 Å². The number of fused-ring (bicyclic) bond motifs is 1. The number of carbonyl (C=O) groups excluding carboxylic acids is 3. The van der Waals surface area contributed by atoms with Crippen molar-refractivity contribution in [2.24, 2.45) is 22.7 Å². The van der Waals surface area contributed by atoms with Crippen LogP contribution in [0, 0.1) is 22.7 Å². The highest BCUT2D eigenvalue weighted by atomic mass is 16.6. The third-order valence-corrected chi connectivity index (χ3v) is 10.7. The molecule has 9 heteroatoms. The smallest absolute Gasteiger partial charge is 0.343 e. The van der Waals surface area contributed by atoms with Crippen LogP contribution in [0.2, 0.25) is 0 Å². The first-order valence-electron chi connectivity index (χ1n) is 16.9. The molecule has 2 fully saturated rings. The van der Waals surface area contributed by atoms with E-state index in [4.69, 9.17) is 14.2 Å². The molecule has 0 N–H and O–H groups in total. The average molecular weight is 674 g/mol. The molecular weight excluding hydrogens is 630 g/mol. The lowest BCUT2D eigenvalue weighted by Crippen LogP contribution is -2.58. The van der Waals surface area contributed by atoms with Gasteiger partial charge in [0.15, 0.2) is 0 Å². The van der Waals surface area contributed by atoms with Crippen molar-refractivity contribution in [2.45, 2.75) is 45.6 Å². The standard InChI is InChI=1S/C41H43N3O6/c1-27-10-17-35-40(2,34(27)16-13-29-23-33(49-38(29)46)22-28-11-14-32(15-12-28)44(4)5)19-18-36(50-39(47)31-9-7-21-43-25-31)41(35,3)26-48-37(45)30-8-6-20-42-24-30/h6-9,11-16,20-25,34-36H,1,10,17-19,26H2,2-5H3/b16-13+,33-22+/t34-,35+,36-,40+,41+/m1/s1. The lowest BCUT2D eigenvalue weighted by Gasteiger charge is -2.59. The number of anilines is 1. The monoisotopic (exact) mass is 673 g/mol. The maximum atomic E-state index is 13.3. The van der Waals surface area contributed by atoms with Crippen LogP contribution in [0.5, 0.6) is 0 Å². The Morgan fingerprint density at radius 2 is 1.68 bits per heavy atom. The van der Waals surface area contributed by atoms with Crippen molar-refractivity contribution in [3.05, 3.63) is 132 Å². The van der Waals surface area contributed by atoms with E-state index in [9.17, 15) is 14.4 Å². The number of carbonyl (C=O) groups is 3. The van der Waals surface area contributed by atoms with Gasteiger partial charge >= 0.3 is 17.9 Å². The van der Waals surface area contributed by atoms with Gasteiger partial charge in [-0.25, -0.2) is 14.4 Å². The minimum atomic E-state index is -0.723. The van der Waals surface area contributed by atoms with Crippen LogP contribution in [0.3, 0.4) is 0 Å². The summed E-state index contributed by atoms with van der Waals surface area (Å²) < 4.78 is 17.8. The number of nitrogens with zero attached hydrogens (tertiary/aromatic N) is 3. The Morgan fingerprint density at radius 1 is 1.00 bits per heavy atom. The lowest BCUT2D eigenvalue weighted by atomic mass is 9.46. The molecule has 6 rings (SSSR count). The fourth-order valence-electron chi connectivity index (χ4n) is 7.95. The number of hydrogen-bond donors (Lipinski definition) is 0. The molecule has 50 heavy (non-hydrogen) atoms. The molecule has 5 atom stereocenters. The van der Waals surface area contributed by atoms with E-state index in [1.54, 1.807) is 42.7 Å². The number of aromatic nitrogens is 2. The van der Waals surface area contributed by atoms with Gasteiger partial charge in [-0.1, -0.05) is 50.3 Å². The number of benzene rings is 1. The molecule has 2 aliphatic carbocycles. The second-order valence-electron chi connectivity index (χ2n) is 14.1. The van der Waals surface area contributed by atoms with Crippen LogP contribution < -0.4 is 4.90 Å². The summed E-state index contributed by atoms with van der Waals surface area (Å²) in [5.41, 5.74) is 3.22. The first kappa shape index (κ1) is 34.5. The number of rotatable bonds is 9. The Morgan fingerprint density at radius 3 is 2.32 bits per heavy atom. The second-order valence-corrected chi connectivity index (χ2v) is 14.1. The van der Waals surface area contributed by atoms with Gasteiger partial charge in [0.25, 0.3) is 0 Å². The highest BCUT2D eigenvalue weighted by Gasteiger charge is 2.59. The summed E-state index contributed by atoms with van der Waals surface area (Å²) in [7, 11) is 3.97. The minimum Gasteiger partial charge on any atom is -0.461 e. The minimum absolute atomic E-state index is 0.0117. The Hall–Kier alpha value is -5.31. The molecular formula is C41H43N3O6. The topological polar surface area (TPSA) is 108 Å². The SMILES string of the molecule is C=C1CC[C@@H]2[C@](C)(COC(=O)c3cccnc3)[C@H](OC(=O)c3cccnc3)CC[C@@]2(C)[C@@H]1/C=C/C1=CC(=C\c2ccc(N(C)C)cc2)/OC1=O. The first-order valence-corrected chi connectivity index (χ1v) is 16.9. The molecule has 9 nitrogen and oxygen atoms in total. The van der Waals surface area contributed by atoms with E-state index in [0.29, 0.717) is 28.9 Å². The summed E-state index contributed by atoms with van der Waals surface area (Å²) in [6.07, 6.45) is 16.0. The van der Waals surface area contributed by atoms with Crippen LogP contribution in [0.25, 0.3) is 6.08 Å². The Labute approximate surface area is 293 Å². The molecule has 0 saturated heterocycles. The van der Waals surface area contributed by atoms with E-state index < -0.39 is 29.4 Å². The summed E-state index contributed by atoms with van der Waals surface area (Å²) in [4.78, 5) is 49.6. The molecule has 3 heterocycles. The maximum absolute atomic E-state index is 13.3. The number of ether oxygens (including phenoxy) is 3. The third kappa shape index (κ3) is 7.04. The van der Waals surface area contributed by atoms with E-state index in [1.165, 1.54) is 12.4 Å². The van der Waals surface area contributed by atoms with E-state index >= 15 is 0 Å². The molecule has 0 spiro atoms. The summed E-state index contributed by atoms with van der Waals surface area (Å²) in [6, 6.07) is 14.7. The van der Waals surface area contributed by atoms with Gasteiger partial charge in [-0.05, 0) is 91.1 Å². The summed E-state index contributed by atoms with van der Waals surface area (Å²) in [6.45, 7) is 8.81. The number of allylic oxidation sites excluding steroid dienone is 3. The molecule has 1 aliphatic heterocycles. The zero-order valence-corrected chi connectivity index (χ0v) is 29.0. The van der Waals surface area contributed by atoms with E-state index in [2.05, 4.69) is 36.5 Å². The van der Waals surface area contributed by atoms with Gasteiger partial charge in [0.05, 0.1) is 16.7 Å². The molecule has 2 saturated carbocycles. The van der Waals surface area contributed by atoms with Crippen molar-refractivity contribution >= 4 is 29.7 Å². The van der Waals surface area contributed by atoms with Gasteiger partial charge in [-0.15, -0.1) is 0 Å². The van der Waals surface area contributed by atoms with Crippen molar-refractivity contribution < 1.29 is 28.6 Å². The Balaban J connectivity index is 1.26. The van der Waals surface area contributed by atoms with Crippen molar-refractivity contribution in [3.63, 3.8) is 0 Å². The molecule has 0 bridgehead atoms. The van der Waals surface area contributed by atoms with E-state index in [0.717, 1.165) is 36.1 Å². The van der Waals surface area contributed by atoms with E-state index in [-0.39, 0.29) is 23.9 Å². The number of cyclic esters (lactones) is 1. The summed E-state index contributed by atoms with van der Waals surface area (Å²) in [5.74, 6) is -0.953. The zero-order valence-electron chi connectivity index (χ0n) is 29.0. The quantitative estimate of drug-likeness (QED) is 0.131. The van der Waals surface area contributed by atoms with Crippen molar-refractivity contribution in [2.75, 3.05) is 25.6 Å². The van der Waals surface area contributed by atoms with Crippen LogP contribution in [0.4, 0.5) is 5.69 Å². The molecule has 0 amide bonds. The molecule has 1 aromatic carbocycles. The number of esters is 3. The number of pyridine rings is 2. The fourth-order valence-corrected chi connectivity index (χ4v) is 7.95. The molecule has 258 valence electrons. The molecule has 3 aliphatic rings. The lowest BCUT2D eigenvalue weighted by molar-refractivity contribution is -0.150. The van der Waals surface area contributed by atoms with Crippen molar-refractivity contribution in [3.8, 4) is 0 Å². The number of hydrogen-bond acceptors (Lipinski definition) is 9. The Bertz CT molecular complexity index is 1850. The second kappa shape index (κ2) is 14.3. The van der Waals surface area contributed by atoms with Crippen molar-refractivity contribution in [1.29, 1.82) is 0 Å². The zero-order chi connectivity index (χ0) is 35.5. The first-order chi connectivity index (χ1) is 24.0. The van der Waals surface area contributed by atoms with E-state index in [1.807, 2.05) is 55.4 Å². The van der Waals surface area contributed by atoms with Crippen LogP contribution in [-0.2, 0) is 19.0 Å². The Kier molecular flexibility index (Phi) is 9.86. The molecule has 0 radical (unpaired) electrons. The highest BCUT2D eigenvalue weighted by molar-refractivity contribution is 5.96. The van der Waals surface area contributed by atoms with Crippen LogP contribution in [0.1, 0.15) is 65.8 Å². The summed E-state index contributed by atoms with van der Waals surface area (Å²) >= 11 is 0. The van der Waals surface area contributed by atoms with Crippen LogP contribution in [-0.4, -0.2) is 54.7 Å². The van der Waals surface area contributed by atoms with Gasteiger partial charge in [0.2, 0.25) is 0 Å². The predicted octanol–water partition coefficient (Wildman–Crippen LogP) is 7.39. The van der Waals surface area contributed by atoms with Crippen molar-refractivity contribution in [1.82, 2.24) is 9.97 Å². The van der Waals surface area contributed by atoms with Gasteiger partial charge in [-0.3, -0.25) is 9.97 Å². The van der Waals surface area contributed by atoms with Gasteiger partial charge < -0.3 is 19.1 Å². The maximum Gasteiger partial charge on any atom is 0.343 e.